The molecule has 6 rings (SSSR count). The summed E-state index contributed by atoms with van der Waals surface area (Å²) in [5, 5.41) is 0. The van der Waals surface area contributed by atoms with E-state index in [-0.39, 0.29) is 46.0 Å². The number of alkyl halides is 6. The summed E-state index contributed by atoms with van der Waals surface area (Å²) in [5.41, 5.74) is 4.42. The summed E-state index contributed by atoms with van der Waals surface area (Å²) in [6.07, 6.45) is -7.76. The molecule has 4 aromatic carbocycles. The van der Waals surface area contributed by atoms with Crippen LogP contribution in [-0.4, -0.2) is 0 Å². The van der Waals surface area contributed by atoms with Crippen molar-refractivity contribution in [1.29, 1.82) is 0 Å². The molecule has 0 heterocycles. The van der Waals surface area contributed by atoms with Crippen molar-refractivity contribution in [1.82, 2.24) is 0 Å². The second-order valence-corrected chi connectivity index (χ2v) is 11.7. The quantitative estimate of drug-likeness (QED) is 0.221. The minimum absolute atomic E-state index is 0. The summed E-state index contributed by atoms with van der Waals surface area (Å²) >= 11 is 0.511. The van der Waals surface area contributed by atoms with Crippen molar-refractivity contribution in [3.05, 3.63) is 142 Å². The van der Waals surface area contributed by atoms with Crippen molar-refractivity contribution in [2.45, 2.75) is 21.9 Å². The molecule has 0 saturated heterocycles. The first-order valence-corrected chi connectivity index (χ1v) is 14.3. The molecule has 207 valence electrons. The van der Waals surface area contributed by atoms with Gasteiger partial charge in [0.05, 0.1) is 0 Å². The van der Waals surface area contributed by atoms with Crippen molar-refractivity contribution in [3.63, 3.8) is 0 Å². The van der Waals surface area contributed by atoms with E-state index in [4.69, 9.17) is 0 Å². The predicted octanol–water partition coefficient (Wildman–Crippen LogP) is 3.58. The van der Waals surface area contributed by atoms with Crippen LogP contribution in [0.4, 0.5) is 26.3 Å². The first-order valence-electron chi connectivity index (χ1n) is 12.2. The summed E-state index contributed by atoms with van der Waals surface area (Å²) in [7, 11) is 0. The molecule has 0 radical (unpaired) electrons. The second-order valence-electron chi connectivity index (χ2n) is 9.67. The van der Waals surface area contributed by atoms with Crippen LogP contribution in [-0.2, 0) is 36.7 Å². The van der Waals surface area contributed by atoms with E-state index < -0.39 is 23.5 Å². The third kappa shape index (κ3) is 5.61. The van der Waals surface area contributed by atoms with Gasteiger partial charge in [0.1, 0.15) is 0 Å². The fraction of sp³-hybridized carbons (Fsp3) is 0.125. The van der Waals surface area contributed by atoms with Crippen LogP contribution in [0.1, 0.15) is 54.1 Å². The van der Waals surface area contributed by atoms with Gasteiger partial charge in [-0.05, 0) is 0 Å². The number of rotatable bonds is 3. The number of halogens is 8. The van der Waals surface area contributed by atoms with Gasteiger partial charge in [0.2, 0.25) is 0 Å². The molecule has 2 atom stereocenters. The largest absolute Gasteiger partial charge is 1.00 e. The van der Waals surface area contributed by atoms with Crippen LogP contribution in [0, 0.1) is 0 Å². The molecule has 0 bridgehead atoms. The van der Waals surface area contributed by atoms with E-state index in [0.717, 1.165) is 51.1 Å². The van der Waals surface area contributed by atoms with Gasteiger partial charge in [-0.1, -0.05) is 0 Å². The molecule has 0 amide bonds. The number of fused-ring (bicyclic) bond motifs is 2. The summed E-state index contributed by atoms with van der Waals surface area (Å²) in [4.78, 5) is 0. The summed E-state index contributed by atoms with van der Waals surface area (Å²) in [6, 6.07) is 27.1. The number of hydrogen-bond donors (Lipinski definition) is 0. The molecule has 9 heteroatoms. The van der Waals surface area contributed by atoms with Crippen molar-refractivity contribution in [3.8, 4) is 0 Å². The average molecular weight is 767 g/mol. The molecule has 0 aliphatic heterocycles. The summed E-state index contributed by atoms with van der Waals surface area (Å²) in [5.74, 6) is -0.345. The molecule has 0 N–H and O–H groups in total. The Morgan fingerprint density at radius 2 is 1.10 bits per heavy atom. The van der Waals surface area contributed by atoms with E-state index in [1.54, 1.807) is 0 Å². The smallest absolute Gasteiger partial charge is 1.00 e. The Labute approximate surface area is 260 Å². The van der Waals surface area contributed by atoms with Crippen molar-refractivity contribution >= 4 is 22.8 Å². The second kappa shape index (κ2) is 11.6. The molecule has 2 aliphatic rings. The SMILES string of the molecule is FC(F)(F)c1cc(C2=C(C3C(c4ccccc4)=Cc4ccccc43)c3ccccc3[CH]2[Hf+2])cc(C(F)(F)F)c1.[Cl-].[Cl-]. The topological polar surface area (TPSA) is 0 Å². The van der Waals surface area contributed by atoms with E-state index in [9.17, 15) is 26.3 Å². The van der Waals surface area contributed by atoms with E-state index in [2.05, 4.69) is 6.08 Å². The number of benzene rings is 4. The van der Waals surface area contributed by atoms with Gasteiger partial charge >= 0.3 is 237 Å². The van der Waals surface area contributed by atoms with Gasteiger partial charge in [-0.25, -0.2) is 0 Å². The van der Waals surface area contributed by atoms with Crippen LogP contribution in [0.3, 0.4) is 0 Å². The fourth-order valence-corrected chi connectivity index (χ4v) is 7.77. The monoisotopic (exact) mass is 767 g/mol. The Bertz CT molecular complexity index is 1620. The van der Waals surface area contributed by atoms with Crippen molar-refractivity contribution in [2.24, 2.45) is 0 Å². The van der Waals surface area contributed by atoms with E-state index >= 15 is 0 Å². The molecule has 0 spiro atoms. The third-order valence-electron chi connectivity index (χ3n) is 7.36. The number of allylic oxidation sites excluding steroid dienone is 3. The molecule has 0 aromatic heterocycles. The molecule has 41 heavy (non-hydrogen) atoms. The van der Waals surface area contributed by atoms with Crippen molar-refractivity contribution in [2.75, 3.05) is 0 Å². The Morgan fingerprint density at radius 3 is 1.71 bits per heavy atom. The Kier molecular flexibility index (Phi) is 8.85. The summed E-state index contributed by atoms with van der Waals surface area (Å²) < 4.78 is 83.0. The van der Waals surface area contributed by atoms with Crippen LogP contribution in [0.5, 0.6) is 0 Å². The fourth-order valence-electron chi connectivity index (χ4n) is 5.71. The van der Waals surface area contributed by atoms with Crippen LogP contribution < -0.4 is 24.8 Å². The van der Waals surface area contributed by atoms with Crippen LogP contribution in [0.25, 0.3) is 22.8 Å². The van der Waals surface area contributed by atoms with Gasteiger partial charge < -0.3 is 24.8 Å². The van der Waals surface area contributed by atoms with Gasteiger partial charge in [-0.3, -0.25) is 0 Å². The zero-order valence-electron chi connectivity index (χ0n) is 21.0. The Balaban J connectivity index is 0.00000194. The van der Waals surface area contributed by atoms with Gasteiger partial charge in [0.25, 0.3) is 0 Å². The molecule has 4 aromatic rings. The van der Waals surface area contributed by atoms with E-state index in [1.165, 1.54) is 0 Å². The minimum Gasteiger partial charge on any atom is -1.00 e. The molecule has 0 saturated carbocycles. The molecule has 2 aliphatic carbocycles. The zero-order valence-corrected chi connectivity index (χ0v) is 26.1. The number of hydrogen-bond acceptors (Lipinski definition) is 0. The van der Waals surface area contributed by atoms with Gasteiger partial charge in [0.15, 0.2) is 0 Å². The van der Waals surface area contributed by atoms with Gasteiger partial charge in [-0.15, -0.1) is 0 Å². The van der Waals surface area contributed by atoms with Gasteiger partial charge in [-0.2, -0.15) is 0 Å². The zero-order chi connectivity index (χ0) is 27.5. The maximum Gasteiger partial charge on any atom is -1.00 e. The predicted molar refractivity (Wildman–Crippen MR) is 136 cm³/mol. The summed E-state index contributed by atoms with van der Waals surface area (Å²) in [6.45, 7) is 0. The third-order valence-corrected chi connectivity index (χ3v) is 9.52. The van der Waals surface area contributed by atoms with Crippen LogP contribution in [0.2, 0.25) is 0 Å². The minimum atomic E-state index is -4.92. The van der Waals surface area contributed by atoms with Crippen molar-refractivity contribution < 1.29 is 75.5 Å². The molecule has 2 unspecified atom stereocenters. The first-order chi connectivity index (χ1) is 18.5. The van der Waals surface area contributed by atoms with E-state index in [1.807, 2.05) is 78.9 Å². The van der Waals surface area contributed by atoms with E-state index in [0.29, 0.717) is 29.9 Å². The maximum atomic E-state index is 13.9. The standard InChI is InChI=1S/C32H19F6.2ClH.Hf/c33-31(34,35)23-14-22(15-24(18-23)32(36,37)38)28-17-21-11-5-7-13-26(21)30(28)29-25-12-6-4-10-20(25)16-27(29)19-8-2-1-3-9-19;;;/h1-18,29H;2*1H;/q;;;+2/p-2. The Hall–Kier alpha value is -2.61. The molecular formula is C32H19Cl2F6Hf. The van der Waals surface area contributed by atoms with Crippen LogP contribution in [0.15, 0.2) is 97.1 Å². The molecular weight excluding hydrogens is 748 g/mol. The van der Waals surface area contributed by atoms with Gasteiger partial charge in [0, 0.05) is 0 Å². The normalized spacial score (nSPS) is 17.8. The molecule has 0 fully saturated rings. The average Bonchev–Trinajstić information content (AvgIpc) is 3.43. The molecule has 0 nitrogen and oxygen atoms in total. The van der Waals surface area contributed by atoms with Crippen LogP contribution >= 0.6 is 0 Å². The Morgan fingerprint density at radius 1 is 0.561 bits per heavy atom. The first kappa shape index (κ1) is 31.3. The maximum absolute atomic E-state index is 13.9.